The number of carbonyl (C=O) groups is 2. The monoisotopic (exact) mass is 369 g/mol. The van der Waals surface area contributed by atoms with Crippen LogP contribution in [0.1, 0.15) is 67.0 Å². The highest BCUT2D eigenvalue weighted by atomic mass is 16.5. The maximum absolute atomic E-state index is 13.1. The Balaban J connectivity index is 1.92. The van der Waals surface area contributed by atoms with E-state index in [1.165, 1.54) is 0 Å². The van der Waals surface area contributed by atoms with Gasteiger partial charge in [0.15, 0.2) is 0 Å². The van der Waals surface area contributed by atoms with Crippen LogP contribution in [0.4, 0.5) is 0 Å². The zero-order chi connectivity index (χ0) is 19.6. The molecule has 6 nitrogen and oxygen atoms in total. The van der Waals surface area contributed by atoms with Crippen LogP contribution < -0.4 is 5.32 Å². The predicted molar refractivity (Wildman–Crippen MR) is 102 cm³/mol. The average Bonchev–Trinajstić information content (AvgIpc) is 3.29. The minimum atomic E-state index is -0.723. The van der Waals surface area contributed by atoms with E-state index in [1.807, 2.05) is 56.0 Å². The maximum atomic E-state index is 13.1. The molecule has 1 aromatic heterocycles. The molecule has 0 bridgehead atoms. The molecule has 27 heavy (non-hydrogen) atoms. The summed E-state index contributed by atoms with van der Waals surface area (Å²) in [6.45, 7) is 9.12. The lowest BCUT2D eigenvalue weighted by atomic mass is 9.88. The molecule has 144 valence electrons. The molecule has 3 rings (SSSR count). The number of hydrogen-bond donors (Lipinski definition) is 1. The fraction of sp³-hybridized carbons (Fsp3) is 0.476. The smallest absolute Gasteiger partial charge is 0.257 e. The number of likely N-dealkylation sites (tertiary alicyclic amines) is 1. The SMILES string of the molecule is Cc1onc(C(C)(C)C)c1C(=O)NC(C(=O)N1CCCC1)c1ccccc1. The first-order valence-corrected chi connectivity index (χ1v) is 9.40. The third-order valence-corrected chi connectivity index (χ3v) is 4.87. The Hall–Kier alpha value is -2.63. The summed E-state index contributed by atoms with van der Waals surface area (Å²) >= 11 is 0. The number of hydrogen-bond acceptors (Lipinski definition) is 4. The zero-order valence-electron chi connectivity index (χ0n) is 16.4. The van der Waals surface area contributed by atoms with Crippen molar-refractivity contribution in [1.82, 2.24) is 15.4 Å². The summed E-state index contributed by atoms with van der Waals surface area (Å²) < 4.78 is 5.28. The van der Waals surface area contributed by atoms with Gasteiger partial charge >= 0.3 is 0 Å². The van der Waals surface area contributed by atoms with Gasteiger partial charge in [-0.3, -0.25) is 9.59 Å². The molecule has 0 spiro atoms. The summed E-state index contributed by atoms with van der Waals surface area (Å²) in [5.74, 6) is 0.0522. The Bertz CT molecular complexity index is 815. The third-order valence-electron chi connectivity index (χ3n) is 4.87. The molecule has 0 aliphatic carbocycles. The van der Waals surface area contributed by atoms with Gasteiger partial charge in [0.1, 0.15) is 23.1 Å². The van der Waals surface area contributed by atoms with Crippen LogP contribution in [0.2, 0.25) is 0 Å². The second-order valence-corrected chi connectivity index (χ2v) is 8.06. The van der Waals surface area contributed by atoms with Crippen LogP contribution >= 0.6 is 0 Å². The van der Waals surface area contributed by atoms with Crippen molar-refractivity contribution >= 4 is 11.8 Å². The molecule has 1 aliphatic heterocycles. The van der Waals surface area contributed by atoms with Crippen LogP contribution in [0.5, 0.6) is 0 Å². The number of benzene rings is 1. The number of nitrogens with one attached hydrogen (secondary N) is 1. The number of nitrogens with zero attached hydrogens (tertiary/aromatic N) is 2. The van der Waals surface area contributed by atoms with Crippen LogP contribution in [0.25, 0.3) is 0 Å². The molecule has 1 fully saturated rings. The van der Waals surface area contributed by atoms with Crippen LogP contribution in [0.15, 0.2) is 34.9 Å². The average molecular weight is 369 g/mol. The lowest BCUT2D eigenvalue weighted by Crippen LogP contribution is -2.42. The van der Waals surface area contributed by atoms with Gasteiger partial charge in [0.2, 0.25) is 5.91 Å². The van der Waals surface area contributed by atoms with E-state index < -0.39 is 6.04 Å². The highest BCUT2D eigenvalue weighted by Gasteiger charge is 2.33. The molecule has 1 aromatic carbocycles. The van der Waals surface area contributed by atoms with Crippen molar-refractivity contribution in [3.05, 3.63) is 52.9 Å². The molecular weight excluding hydrogens is 342 g/mol. The molecule has 0 radical (unpaired) electrons. The standard InChI is InChI=1S/C21H27N3O3/c1-14-16(18(23-27-14)21(2,3)4)19(25)22-17(15-10-6-5-7-11-15)20(26)24-12-8-9-13-24/h5-7,10-11,17H,8-9,12-13H2,1-4H3,(H,22,25). The fourth-order valence-electron chi connectivity index (χ4n) is 3.41. The Morgan fingerprint density at radius 1 is 1.15 bits per heavy atom. The molecule has 1 unspecified atom stereocenters. The Morgan fingerprint density at radius 3 is 2.37 bits per heavy atom. The lowest BCUT2D eigenvalue weighted by Gasteiger charge is -2.25. The number of aromatic nitrogens is 1. The molecule has 1 atom stereocenters. The molecule has 1 aliphatic rings. The molecule has 1 N–H and O–H groups in total. The normalized spacial score (nSPS) is 15.6. The maximum Gasteiger partial charge on any atom is 0.257 e. The van der Waals surface area contributed by atoms with E-state index in [1.54, 1.807) is 6.92 Å². The number of rotatable bonds is 4. The van der Waals surface area contributed by atoms with Gasteiger partial charge in [-0.1, -0.05) is 56.3 Å². The third kappa shape index (κ3) is 4.04. The van der Waals surface area contributed by atoms with Crippen molar-refractivity contribution in [1.29, 1.82) is 0 Å². The van der Waals surface area contributed by atoms with Crippen molar-refractivity contribution in [3.63, 3.8) is 0 Å². The van der Waals surface area contributed by atoms with Crippen molar-refractivity contribution in [2.75, 3.05) is 13.1 Å². The van der Waals surface area contributed by atoms with Gasteiger partial charge in [0.05, 0.1) is 0 Å². The molecular formula is C21H27N3O3. The summed E-state index contributed by atoms with van der Waals surface area (Å²) in [4.78, 5) is 28.0. The second kappa shape index (κ2) is 7.55. The van der Waals surface area contributed by atoms with E-state index in [0.717, 1.165) is 31.5 Å². The van der Waals surface area contributed by atoms with Crippen molar-refractivity contribution in [2.45, 2.75) is 52.0 Å². The molecule has 2 heterocycles. The Labute approximate surface area is 159 Å². The molecule has 6 heteroatoms. The Kier molecular flexibility index (Phi) is 5.35. The number of amides is 2. The summed E-state index contributed by atoms with van der Waals surface area (Å²) in [6, 6.07) is 8.64. The summed E-state index contributed by atoms with van der Waals surface area (Å²) in [7, 11) is 0. The van der Waals surface area contributed by atoms with Gasteiger partial charge < -0.3 is 14.7 Å². The predicted octanol–water partition coefficient (Wildman–Crippen LogP) is 3.37. The van der Waals surface area contributed by atoms with Gasteiger partial charge in [-0.15, -0.1) is 0 Å². The Morgan fingerprint density at radius 2 is 1.78 bits per heavy atom. The quantitative estimate of drug-likeness (QED) is 0.896. The first-order valence-electron chi connectivity index (χ1n) is 9.40. The van der Waals surface area contributed by atoms with Crippen LogP contribution in [-0.2, 0) is 10.2 Å². The van der Waals surface area contributed by atoms with Crippen molar-refractivity contribution < 1.29 is 14.1 Å². The summed E-state index contributed by atoms with van der Waals surface area (Å²) in [5, 5.41) is 7.01. The second-order valence-electron chi connectivity index (χ2n) is 8.06. The van der Waals surface area contributed by atoms with Crippen LogP contribution in [0, 0.1) is 6.92 Å². The number of aryl methyl sites for hydroxylation is 1. The molecule has 0 saturated carbocycles. The molecule has 2 amide bonds. The highest BCUT2D eigenvalue weighted by molar-refractivity contribution is 5.99. The van der Waals surface area contributed by atoms with E-state index in [0.29, 0.717) is 17.0 Å². The van der Waals surface area contributed by atoms with Crippen molar-refractivity contribution in [3.8, 4) is 0 Å². The topological polar surface area (TPSA) is 75.4 Å². The minimum absolute atomic E-state index is 0.0709. The van der Waals surface area contributed by atoms with Gasteiger partial charge in [0, 0.05) is 18.5 Å². The largest absolute Gasteiger partial charge is 0.361 e. The van der Waals surface area contributed by atoms with Gasteiger partial charge in [0.25, 0.3) is 5.91 Å². The fourth-order valence-corrected chi connectivity index (χ4v) is 3.41. The zero-order valence-corrected chi connectivity index (χ0v) is 16.4. The van der Waals surface area contributed by atoms with Crippen molar-refractivity contribution in [2.24, 2.45) is 0 Å². The van der Waals surface area contributed by atoms with Crippen LogP contribution in [0.3, 0.4) is 0 Å². The van der Waals surface area contributed by atoms with Crippen LogP contribution in [-0.4, -0.2) is 35.0 Å². The summed E-state index contributed by atoms with van der Waals surface area (Å²) in [6.07, 6.45) is 2.00. The number of carbonyl (C=O) groups excluding carboxylic acids is 2. The van der Waals surface area contributed by atoms with E-state index in [9.17, 15) is 9.59 Å². The van der Waals surface area contributed by atoms with E-state index >= 15 is 0 Å². The molecule has 1 saturated heterocycles. The van der Waals surface area contributed by atoms with Gasteiger partial charge in [-0.05, 0) is 25.3 Å². The highest BCUT2D eigenvalue weighted by Crippen LogP contribution is 2.28. The first-order chi connectivity index (χ1) is 12.8. The van der Waals surface area contributed by atoms with Gasteiger partial charge in [-0.25, -0.2) is 0 Å². The first kappa shape index (κ1) is 19.1. The van der Waals surface area contributed by atoms with Gasteiger partial charge in [-0.2, -0.15) is 0 Å². The minimum Gasteiger partial charge on any atom is -0.361 e. The lowest BCUT2D eigenvalue weighted by molar-refractivity contribution is -0.132. The summed E-state index contributed by atoms with van der Waals surface area (Å²) in [5.41, 5.74) is 1.44. The van der Waals surface area contributed by atoms with E-state index in [2.05, 4.69) is 10.5 Å². The van der Waals surface area contributed by atoms with E-state index in [-0.39, 0.29) is 17.2 Å². The molecule has 2 aromatic rings. The van der Waals surface area contributed by atoms with E-state index in [4.69, 9.17) is 4.52 Å².